The van der Waals surface area contributed by atoms with Gasteiger partial charge in [0.2, 0.25) is 0 Å². The number of carbonyl (C=O) groups is 1. The quantitative estimate of drug-likeness (QED) is 0.642. The van der Waals surface area contributed by atoms with Gasteiger partial charge in [-0.25, -0.2) is 0 Å². The van der Waals surface area contributed by atoms with E-state index in [1.807, 2.05) is 25.1 Å². The summed E-state index contributed by atoms with van der Waals surface area (Å²) in [4.78, 5) is 27.0. The van der Waals surface area contributed by atoms with Gasteiger partial charge in [0.1, 0.15) is 0 Å². The standard InChI is InChI=1S/C19H20N4O3S/c1-12-3-4-18(27-12)19(24)21-15-5-7-22(8-6-15)16-9-14(11-20)10-17(13(16)2)23(25)26/h3-4,9-10,15H,5-8H2,1-2H3,(H,21,24). The third kappa shape index (κ3) is 4.09. The number of nitro benzene ring substituents is 1. The molecular weight excluding hydrogens is 364 g/mol. The highest BCUT2D eigenvalue weighted by Gasteiger charge is 2.25. The number of benzene rings is 1. The summed E-state index contributed by atoms with van der Waals surface area (Å²) in [7, 11) is 0. The lowest BCUT2D eigenvalue weighted by molar-refractivity contribution is -0.385. The molecule has 1 aromatic carbocycles. The van der Waals surface area contributed by atoms with Crippen LogP contribution in [0.15, 0.2) is 24.3 Å². The first-order chi connectivity index (χ1) is 12.9. The summed E-state index contributed by atoms with van der Waals surface area (Å²) < 4.78 is 0. The molecule has 1 fully saturated rings. The van der Waals surface area contributed by atoms with Gasteiger partial charge in [-0.05, 0) is 44.9 Å². The minimum atomic E-state index is -0.449. The Bertz CT molecular complexity index is 924. The number of nitrogens with zero attached hydrogens (tertiary/aromatic N) is 3. The molecule has 140 valence electrons. The zero-order valence-corrected chi connectivity index (χ0v) is 16.0. The molecule has 0 radical (unpaired) electrons. The number of hydrogen-bond acceptors (Lipinski definition) is 6. The van der Waals surface area contributed by atoms with Crippen LogP contribution in [-0.2, 0) is 0 Å². The third-order valence-electron chi connectivity index (χ3n) is 4.81. The van der Waals surface area contributed by atoms with E-state index in [2.05, 4.69) is 10.2 Å². The number of carbonyl (C=O) groups excluding carboxylic acids is 1. The highest BCUT2D eigenvalue weighted by atomic mass is 32.1. The molecule has 0 atom stereocenters. The van der Waals surface area contributed by atoms with E-state index in [0.717, 1.165) is 23.4 Å². The van der Waals surface area contributed by atoms with Crippen LogP contribution in [0, 0.1) is 35.3 Å². The Balaban J connectivity index is 1.69. The van der Waals surface area contributed by atoms with Crippen molar-refractivity contribution in [2.75, 3.05) is 18.0 Å². The van der Waals surface area contributed by atoms with Gasteiger partial charge in [0, 0.05) is 35.8 Å². The van der Waals surface area contributed by atoms with Crippen molar-refractivity contribution in [3.63, 3.8) is 0 Å². The van der Waals surface area contributed by atoms with Crippen molar-refractivity contribution >= 4 is 28.6 Å². The number of amides is 1. The van der Waals surface area contributed by atoms with Gasteiger partial charge in [-0.1, -0.05) is 0 Å². The Morgan fingerprint density at radius 2 is 2.04 bits per heavy atom. The maximum atomic E-state index is 12.3. The molecule has 1 N–H and O–H groups in total. The molecule has 1 amide bonds. The van der Waals surface area contributed by atoms with Gasteiger partial charge >= 0.3 is 0 Å². The second-order valence-corrected chi connectivity index (χ2v) is 7.94. The Morgan fingerprint density at radius 1 is 1.33 bits per heavy atom. The largest absolute Gasteiger partial charge is 0.371 e. The lowest BCUT2D eigenvalue weighted by Gasteiger charge is -2.34. The van der Waals surface area contributed by atoms with Crippen LogP contribution >= 0.6 is 11.3 Å². The van der Waals surface area contributed by atoms with Gasteiger partial charge in [-0.15, -0.1) is 11.3 Å². The third-order valence-corrected chi connectivity index (χ3v) is 5.81. The molecule has 27 heavy (non-hydrogen) atoms. The van der Waals surface area contributed by atoms with E-state index in [-0.39, 0.29) is 23.2 Å². The summed E-state index contributed by atoms with van der Waals surface area (Å²) >= 11 is 1.48. The molecule has 1 saturated heterocycles. The first-order valence-corrected chi connectivity index (χ1v) is 9.52. The minimum absolute atomic E-state index is 0.0347. The molecule has 0 spiro atoms. The molecule has 1 aliphatic rings. The second-order valence-electron chi connectivity index (χ2n) is 6.65. The minimum Gasteiger partial charge on any atom is -0.371 e. The predicted molar refractivity (Wildman–Crippen MR) is 104 cm³/mol. The molecule has 2 heterocycles. The molecule has 8 heteroatoms. The highest BCUT2D eigenvalue weighted by molar-refractivity contribution is 7.13. The molecule has 0 aliphatic carbocycles. The lowest BCUT2D eigenvalue weighted by Crippen LogP contribution is -2.44. The molecule has 3 rings (SSSR count). The molecule has 2 aromatic rings. The predicted octanol–water partition coefficient (Wildman–Crippen LogP) is 3.54. The van der Waals surface area contributed by atoms with Crippen LogP contribution in [0.3, 0.4) is 0 Å². The number of nitrogens with one attached hydrogen (secondary N) is 1. The van der Waals surface area contributed by atoms with Crippen molar-refractivity contribution in [1.82, 2.24) is 5.32 Å². The topological polar surface area (TPSA) is 99.3 Å². The normalized spacial score (nSPS) is 14.6. The fourth-order valence-corrected chi connectivity index (χ4v) is 4.12. The Morgan fingerprint density at radius 3 is 2.59 bits per heavy atom. The van der Waals surface area contributed by atoms with Crippen LogP contribution in [0.25, 0.3) is 0 Å². The molecule has 0 saturated carbocycles. The summed E-state index contributed by atoms with van der Waals surface area (Å²) in [6.07, 6.45) is 1.50. The zero-order chi connectivity index (χ0) is 19.6. The summed E-state index contributed by atoms with van der Waals surface area (Å²) in [5.41, 5.74) is 1.54. The summed E-state index contributed by atoms with van der Waals surface area (Å²) in [5, 5.41) is 23.5. The van der Waals surface area contributed by atoms with Crippen LogP contribution in [0.2, 0.25) is 0 Å². The van der Waals surface area contributed by atoms with Gasteiger partial charge in [-0.3, -0.25) is 14.9 Å². The van der Waals surface area contributed by atoms with E-state index in [0.29, 0.717) is 23.5 Å². The Hall–Kier alpha value is -2.92. The van der Waals surface area contributed by atoms with Crippen LogP contribution in [0.5, 0.6) is 0 Å². The van der Waals surface area contributed by atoms with Gasteiger partial charge in [0.05, 0.1) is 27.0 Å². The van der Waals surface area contributed by atoms with Gasteiger partial charge in [0.25, 0.3) is 11.6 Å². The molecule has 0 unspecified atom stereocenters. The number of hydrogen-bond donors (Lipinski definition) is 1. The van der Waals surface area contributed by atoms with Crippen molar-refractivity contribution in [2.45, 2.75) is 32.7 Å². The number of thiophene rings is 1. The first-order valence-electron chi connectivity index (χ1n) is 8.70. The molecule has 0 bridgehead atoms. The molecular formula is C19H20N4O3S. The fraction of sp³-hybridized carbons (Fsp3) is 0.368. The number of piperidine rings is 1. The number of nitro groups is 1. The number of rotatable bonds is 4. The van der Waals surface area contributed by atoms with E-state index in [9.17, 15) is 20.2 Å². The van der Waals surface area contributed by atoms with E-state index >= 15 is 0 Å². The maximum absolute atomic E-state index is 12.3. The van der Waals surface area contributed by atoms with E-state index in [1.165, 1.54) is 17.4 Å². The summed E-state index contributed by atoms with van der Waals surface area (Å²) in [6, 6.07) is 8.85. The van der Waals surface area contributed by atoms with E-state index in [4.69, 9.17) is 0 Å². The molecule has 1 aliphatic heterocycles. The van der Waals surface area contributed by atoms with Gasteiger partial charge in [0.15, 0.2) is 0 Å². The first kappa shape index (κ1) is 18.9. The van der Waals surface area contributed by atoms with Crippen molar-refractivity contribution in [2.24, 2.45) is 0 Å². The van der Waals surface area contributed by atoms with Gasteiger partial charge < -0.3 is 10.2 Å². The second kappa shape index (κ2) is 7.76. The molecule has 7 nitrogen and oxygen atoms in total. The zero-order valence-electron chi connectivity index (χ0n) is 15.2. The SMILES string of the molecule is Cc1ccc(C(=O)NC2CCN(c3cc(C#N)cc([N+](=O)[O-])c3C)CC2)s1. The maximum Gasteiger partial charge on any atom is 0.275 e. The number of anilines is 1. The smallest absolute Gasteiger partial charge is 0.275 e. The van der Waals surface area contributed by atoms with Crippen LogP contribution in [0.4, 0.5) is 11.4 Å². The summed E-state index contributed by atoms with van der Waals surface area (Å²) in [5.74, 6) is -0.0511. The fourth-order valence-electron chi connectivity index (χ4n) is 3.34. The van der Waals surface area contributed by atoms with Crippen LogP contribution in [0.1, 0.15) is 38.5 Å². The monoisotopic (exact) mass is 384 g/mol. The molecule has 1 aromatic heterocycles. The van der Waals surface area contributed by atoms with Crippen molar-refractivity contribution < 1.29 is 9.72 Å². The lowest BCUT2D eigenvalue weighted by atomic mass is 10.0. The van der Waals surface area contributed by atoms with E-state index in [1.54, 1.807) is 13.0 Å². The number of aryl methyl sites for hydroxylation is 1. The van der Waals surface area contributed by atoms with Crippen molar-refractivity contribution in [1.29, 1.82) is 5.26 Å². The number of nitriles is 1. The Kier molecular flexibility index (Phi) is 5.42. The average molecular weight is 384 g/mol. The van der Waals surface area contributed by atoms with Crippen molar-refractivity contribution in [3.8, 4) is 6.07 Å². The average Bonchev–Trinajstić information content (AvgIpc) is 3.09. The van der Waals surface area contributed by atoms with E-state index < -0.39 is 4.92 Å². The van der Waals surface area contributed by atoms with Gasteiger partial charge in [-0.2, -0.15) is 5.26 Å². The van der Waals surface area contributed by atoms with Crippen molar-refractivity contribution in [3.05, 3.63) is 55.3 Å². The summed E-state index contributed by atoms with van der Waals surface area (Å²) in [6.45, 7) is 5.01. The Labute approximate surface area is 161 Å². The highest BCUT2D eigenvalue weighted by Crippen LogP contribution is 2.32. The van der Waals surface area contributed by atoms with Crippen LogP contribution < -0.4 is 10.2 Å². The van der Waals surface area contributed by atoms with Crippen LogP contribution in [-0.4, -0.2) is 30.0 Å².